The molecule has 0 radical (unpaired) electrons. The smallest absolute Gasteiger partial charge is 0.374 e. The van der Waals surface area contributed by atoms with E-state index in [0.717, 1.165) is 16.3 Å². The summed E-state index contributed by atoms with van der Waals surface area (Å²) in [5.41, 5.74) is -2.24. The fraction of sp³-hybridized carbons (Fsp3) is 0.450. The molecule has 170 valence electrons. The van der Waals surface area contributed by atoms with E-state index in [9.17, 15) is 27.9 Å². The van der Waals surface area contributed by atoms with Gasteiger partial charge in [0.05, 0.1) is 0 Å². The summed E-state index contributed by atoms with van der Waals surface area (Å²) in [4.78, 5) is 29.0. The molecule has 2 aromatic rings. The number of benzene rings is 1. The number of halogens is 3. The average molecular weight is 441 g/mol. The lowest BCUT2D eigenvalue weighted by atomic mass is 9.97. The monoisotopic (exact) mass is 441 g/mol. The van der Waals surface area contributed by atoms with Gasteiger partial charge in [0.2, 0.25) is 11.5 Å². The van der Waals surface area contributed by atoms with Crippen LogP contribution in [0.15, 0.2) is 42.7 Å². The number of aromatic nitrogens is 2. The Morgan fingerprint density at radius 2 is 1.84 bits per heavy atom. The Balaban J connectivity index is 1.76. The molecule has 0 aliphatic carbocycles. The highest BCUT2D eigenvalue weighted by atomic mass is 19.4. The van der Waals surface area contributed by atoms with Crippen LogP contribution in [0, 0.1) is 0 Å². The van der Waals surface area contributed by atoms with Gasteiger partial charge in [0.25, 0.3) is 0 Å². The van der Waals surface area contributed by atoms with Gasteiger partial charge in [0.15, 0.2) is 0 Å². The Bertz CT molecular complexity index is 872. The fourth-order valence-electron chi connectivity index (χ4n) is 2.96. The molecule has 0 saturated carbocycles. The number of aryl methyl sites for hydroxylation is 1. The van der Waals surface area contributed by atoms with Crippen LogP contribution in [0.5, 0.6) is 0 Å². The number of imidazole rings is 1. The van der Waals surface area contributed by atoms with Crippen LogP contribution in [0.3, 0.4) is 0 Å². The second kappa shape index (κ2) is 10.3. The molecule has 0 saturated heterocycles. The molecular formula is C20H26F3N5O3. The van der Waals surface area contributed by atoms with E-state index < -0.39 is 36.5 Å². The highest BCUT2D eigenvalue weighted by molar-refractivity contribution is 5.78. The van der Waals surface area contributed by atoms with Gasteiger partial charge >= 0.3 is 12.2 Å². The van der Waals surface area contributed by atoms with Crippen molar-refractivity contribution < 1.29 is 27.9 Å². The summed E-state index contributed by atoms with van der Waals surface area (Å²) in [6, 6.07) is 8.97. The van der Waals surface area contributed by atoms with Gasteiger partial charge in [-0.15, -0.1) is 0 Å². The number of amides is 3. The zero-order valence-corrected chi connectivity index (χ0v) is 17.3. The molecule has 0 fully saturated rings. The van der Waals surface area contributed by atoms with Crippen molar-refractivity contribution in [2.75, 3.05) is 20.1 Å². The maximum absolute atomic E-state index is 13.4. The highest BCUT2D eigenvalue weighted by Gasteiger charge is 2.57. The molecule has 3 amide bonds. The summed E-state index contributed by atoms with van der Waals surface area (Å²) in [7, 11) is 2.95. The van der Waals surface area contributed by atoms with Crippen LogP contribution in [0.25, 0.3) is 0 Å². The topological polar surface area (TPSA) is 99.5 Å². The number of hydrogen-bond donors (Lipinski definition) is 3. The molecular weight excluding hydrogens is 415 g/mol. The number of nitrogens with one attached hydrogen (secondary N) is 2. The molecule has 0 bridgehead atoms. The molecule has 2 rings (SSSR count). The van der Waals surface area contributed by atoms with Crippen LogP contribution >= 0.6 is 0 Å². The Morgan fingerprint density at radius 3 is 2.42 bits per heavy atom. The summed E-state index contributed by atoms with van der Waals surface area (Å²) in [5.74, 6) is -1.10. The lowest BCUT2D eigenvalue weighted by Gasteiger charge is -2.30. The third-order valence-electron chi connectivity index (χ3n) is 4.71. The van der Waals surface area contributed by atoms with Crippen LogP contribution in [0.1, 0.15) is 24.2 Å². The molecule has 0 aliphatic rings. The predicted octanol–water partition coefficient (Wildman–Crippen LogP) is 1.91. The SMILES string of the molecule is CN(Cc1ccccc1)C(=O)NCCC(=O)NCCC(O)(c1nccn1C)C(F)(F)F. The molecule has 1 heterocycles. The first-order valence-corrected chi connectivity index (χ1v) is 9.61. The van der Waals surface area contributed by atoms with Crippen molar-refractivity contribution in [2.24, 2.45) is 7.05 Å². The van der Waals surface area contributed by atoms with E-state index in [1.807, 2.05) is 30.3 Å². The predicted molar refractivity (Wildman–Crippen MR) is 107 cm³/mol. The van der Waals surface area contributed by atoms with Crippen molar-refractivity contribution in [2.45, 2.75) is 31.2 Å². The van der Waals surface area contributed by atoms with E-state index in [2.05, 4.69) is 15.6 Å². The van der Waals surface area contributed by atoms with E-state index in [1.165, 1.54) is 18.1 Å². The largest absolute Gasteiger partial charge is 0.424 e. The molecule has 1 aromatic carbocycles. The van der Waals surface area contributed by atoms with Crippen molar-refractivity contribution >= 4 is 11.9 Å². The van der Waals surface area contributed by atoms with Gasteiger partial charge in [-0.05, 0) is 5.56 Å². The number of carbonyl (C=O) groups excluding carboxylic acids is 2. The number of alkyl halides is 3. The first-order valence-electron chi connectivity index (χ1n) is 9.61. The first-order chi connectivity index (χ1) is 14.5. The zero-order valence-electron chi connectivity index (χ0n) is 17.3. The Morgan fingerprint density at radius 1 is 1.16 bits per heavy atom. The highest BCUT2D eigenvalue weighted by Crippen LogP contribution is 2.40. The molecule has 8 nitrogen and oxygen atoms in total. The number of rotatable bonds is 9. The van der Waals surface area contributed by atoms with Gasteiger partial charge in [-0.1, -0.05) is 30.3 Å². The molecule has 0 aliphatic heterocycles. The molecule has 1 unspecified atom stereocenters. The van der Waals surface area contributed by atoms with Gasteiger partial charge in [0.1, 0.15) is 5.82 Å². The number of aliphatic hydroxyl groups is 1. The van der Waals surface area contributed by atoms with E-state index in [-0.39, 0.29) is 19.0 Å². The minimum absolute atomic E-state index is 0.0205. The van der Waals surface area contributed by atoms with Crippen molar-refractivity contribution in [3.63, 3.8) is 0 Å². The van der Waals surface area contributed by atoms with Crippen LogP contribution in [0.2, 0.25) is 0 Å². The molecule has 11 heteroatoms. The van der Waals surface area contributed by atoms with E-state index in [0.29, 0.717) is 6.54 Å². The maximum atomic E-state index is 13.4. The van der Waals surface area contributed by atoms with E-state index >= 15 is 0 Å². The minimum atomic E-state index is -4.96. The Labute approximate surface area is 178 Å². The summed E-state index contributed by atoms with van der Waals surface area (Å²) in [6.07, 6.45) is -3.42. The average Bonchev–Trinajstić information content (AvgIpc) is 3.14. The lowest BCUT2D eigenvalue weighted by Crippen LogP contribution is -2.46. The minimum Gasteiger partial charge on any atom is -0.374 e. The number of hydrogen-bond acceptors (Lipinski definition) is 4. The zero-order chi connectivity index (χ0) is 23.1. The summed E-state index contributed by atoms with van der Waals surface area (Å²) >= 11 is 0. The Kier molecular flexibility index (Phi) is 8.03. The van der Waals surface area contributed by atoms with Crippen LogP contribution in [0.4, 0.5) is 18.0 Å². The first kappa shape index (κ1) is 24.2. The summed E-state index contributed by atoms with van der Waals surface area (Å²) < 4.78 is 41.4. The van der Waals surface area contributed by atoms with Crippen molar-refractivity contribution in [1.82, 2.24) is 25.1 Å². The molecule has 0 spiro atoms. The van der Waals surface area contributed by atoms with Gasteiger partial charge < -0.3 is 25.2 Å². The number of carbonyl (C=O) groups is 2. The van der Waals surface area contributed by atoms with Crippen molar-refractivity contribution in [3.05, 3.63) is 54.1 Å². The third kappa shape index (κ3) is 6.45. The fourth-order valence-corrected chi connectivity index (χ4v) is 2.96. The molecule has 3 N–H and O–H groups in total. The van der Waals surface area contributed by atoms with Gasteiger partial charge in [-0.3, -0.25) is 4.79 Å². The normalized spacial score (nSPS) is 13.4. The summed E-state index contributed by atoms with van der Waals surface area (Å²) in [6.45, 7) is -0.00164. The second-order valence-corrected chi connectivity index (χ2v) is 7.14. The number of urea groups is 1. The van der Waals surface area contributed by atoms with Crippen LogP contribution in [-0.2, 0) is 24.0 Å². The lowest BCUT2D eigenvalue weighted by molar-refractivity contribution is -0.272. The molecule has 31 heavy (non-hydrogen) atoms. The van der Waals surface area contributed by atoms with Gasteiger partial charge in [0, 0.05) is 59.0 Å². The van der Waals surface area contributed by atoms with Crippen molar-refractivity contribution in [3.8, 4) is 0 Å². The standard InChI is InChI=1S/C20H26F3N5O3/c1-27-13-12-25-17(27)19(31,20(21,22)23)9-11-24-16(29)8-10-26-18(30)28(2)14-15-6-4-3-5-7-15/h3-7,12-13,31H,8-11,14H2,1-2H3,(H,24,29)(H,26,30). The maximum Gasteiger partial charge on any atom is 0.424 e. The molecule has 1 aromatic heterocycles. The van der Waals surface area contributed by atoms with Crippen molar-refractivity contribution in [1.29, 1.82) is 0 Å². The van der Waals surface area contributed by atoms with E-state index in [4.69, 9.17) is 0 Å². The summed E-state index contributed by atoms with van der Waals surface area (Å²) in [5, 5.41) is 15.1. The third-order valence-corrected chi connectivity index (χ3v) is 4.71. The van der Waals surface area contributed by atoms with Gasteiger partial charge in [-0.25, -0.2) is 9.78 Å². The van der Waals surface area contributed by atoms with E-state index in [1.54, 1.807) is 7.05 Å². The van der Waals surface area contributed by atoms with Gasteiger partial charge in [-0.2, -0.15) is 13.2 Å². The van der Waals surface area contributed by atoms with Crippen LogP contribution in [-0.4, -0.2) is 57.8 Å². The Hall–Kier alpha value is -3.08. The molecule has 1 atom stereocenters. The number of nitrogens with zero attached hydrogens (tertiary/aromatic N) is 3. The second-order valence-electron chi connectivity index (χ2n) is 7.14. The quantitative estimate of drug-likeness (QED) is 0.554. The van der Waals surface area contributed by atoms with Crippen LogP contribution < -0.4 is 10.6 Å².